The number of carbonyl (C=O) groups excluding carboxylic acids is 1. The van der Waals surface area contributed by atoms with Crippen molar-refractivity contribution in [2.45, 2.75) is 18.9 Å². The molecule has 174 valence electrons. The normalized spacial score (nSPS) is 11.5. The molecule has 32 heavy (non-hydrogen) atoms. The van der Waals surface area contributed by atoms with Gasteiger partial charge in [-0.3, -0.25) is 9.59 Å². The Kier molecular flexibility index (Phi) is 12.5. The summed E-state index contributed by atoms with van der Waals surface area (Å²) in [5.41, 5.74) is 1.92. The molecule has 9 heteroatoms. The molecule has 0 bridgehead atoms. The summed E-state index contributed by atoms with van der Waals surface area (Å²) in [5.74, 6) is 2.42. The molecule has 1 atom stereocenters. The number of nitrogens with one attached hydrogen (secondary N) is 1. The third-order valence-electron chi connectivity index (χ3n) is 4.08. The van der Waals surface area contributed by atoms with Crippen LogP contribution in [0.4, 0.5) is 11.4 Å². The Morgan fingerprint density at radius 2 is 1.47 bits per heavy atom. The van der Waals surface area contributed by atoms with E-state index in [1.165, 1.54) is 0 Å². The molecule has 2 aromatic rings. The molecule has 2 rings (SSSR count). The van der Waals surface area contributed by atoms with Crippen LogP contribution in [0.15, 0.2) is 54.6 Å². The number of para-hydroxylation sites is 1. The standard InChI is InChI=1S/C23H29NO6S2/c25-20(17-30-23(28)11-13-32-15-14-31-12-10-22(26)27)16-29-21-8-6-19(7-9-21)24-18-4-2-1-3-5-18/h1-9,20,24-25H,10-17H2,(H,26,27). The summed E-state index contributed by atoms with van der Waals surface area (Å²) in [6, 6.07) is 17.2. The Morgan fingerprint density at radius 1 is 0.844 bits per heavy atom. The first kappa shape index (κ1) is 25.9. The van der Waals surface area contributed by atoms with Crippen LogP contribution in [0, 0.1) is 0 Å². The van der Waals surface area contributed by atoms with Gasteiger partial charge in [-0.05, 0) is 36.4 Å². The van der Waals surface area contributed by atoms with Crippen molar-refractivity contribution in [3.63, 3.8) is 0 Å². The smallest absolute Gasteiger partial charge is 0.306 e. The second kappa shape index (κ2) is 15.4. The van der Waals surface area contributed by atoms with Crippen LogP contribution in [0.3, 0.4) is 0 Å². The summed E-state index contributed by atoms with van der Waals surface area (Å²) in [6.45, 7) is -0.0801. The molecule has 0 amide bonds. The maximum atomic E-state index is 11.8. The number of ether oxygens (including phenoxy) is 2. The van der Waals surface area contributed by atoms with E-state index in [4.69, 9.17) is 14.6 Å². The van der Waals surface area contributed by atoms with E-state index in [1.54, 1.807) is 35.7 Å². The molecule has 2 aromatic carbocycles. The van der Waals surface area contributed by atoms with Gasteiger partial charge in [0.15, 0.2) is 0 Å². The van der Waals surface area contributed by atoms with Crippen LogP contribution in [0.5, 0.6) is 5.75 Å². The molecule has 3 N–H and O–H groups in total. The van der Waals surface area contributed by atoms with Gasteiger partial charge in [-0.15, -0.1) is 0 Å². The van der Waals surface area contributed by atoms with Crippen LogP contribution >= 0.6 is 23.5 Å². The van der Waals surface area contributed by atoms with Gasteiger partial charge < -0.3 is 25.0 Å². The number of rotatable bonds is 16. The number of carboxylic acids is 1. The fourth-order valence-corrected chi connectivity index (χ4v) is 4.44. The fraction of sp³-hybridized carbons (Fsp3) is 0.391. The number of aliphatic hydroxyl groups is 1. The van der Waals surface area contributed by atoms with Gasteiger partial charge >= 0.3 is 11.9 Å². The highest BCUT2D eigenvalue weighted by atomic mass is 32.2. The first-order valence-corrected chi connectivity index (χ1v) is 12.6. The van der Waals surface area contributed by atoms with Gasteiger partial charge in [0, 0.05) is 34.4 Å². The maximum Gasteiger partial charge on any atom is 0.306 e. The van der Waals surface area contributed by atoms with Crippen LogP contribution < -0.4 is 10.1 Å². The lowest BCUT2D eigenvalue weighted by atomic mass is 10.2. The highest BCUT2D eigenvalue weighted by molar-refractivity contribution is 8.02. The van der Waals surface area contributed by atoms with Crippen LogP contribution in [0.25, 0.3) is 0 Å². The largest absolute Gasteiger partial charge is 0.491 e. The first-order chi connectivity index (χ1) is 15.5. The van der Waals surface area contributed by atoms with E-state index in [9.17, 15) is 14.7 Å². The molecular formula is C23H29NO6S2. The second-order valence-electron chi connectivity index (χ2n) is 6.78. The lowest BCUT2D eigenvalue weighted by molar-refractivity contribution is -0.146. The zero-order valence-electron chi connectivity index (χ0n) is 17.8. The summed E-state index contributed by atoms with van der Waals surface area (Å²) in [6.07, 6.45) is -0.461. The van der Waals surface area contributed by atoms with Crippen molar-refractivity contribution in [3.8, 4) is 5.75 Å². The average Bonchev–Trinajstić information content (AvgIpc) is 2.79. The van der Waals surface area contributed by atoms with Gasteiger partial charge in [-0.2, -0.15) is 23.5 Å². The van der Waals surface area contributed by atoms with Crippen molar-refractivity contribution in [3.05, 3.63) is 54.6 Å². The molecule has 1 unspecified atom stereocenters. The topological polar surface area (TPSA) is 105 Å². The highest BCUT2D eigenvalue weighted by Gasteiger charge is 2.10. The molecule has 0 radical (unpaired) electrons. The number of carboxylic acid groups (broad SMARTS) is 1. The van der Waals surface area contributed by atoms with Crippen molar-refractivity contribution >= 4 is 46.8 Å². The first-order valence-electron chi connectivity index (χ1n) is 10.3. The molecule has 0 saturated heterocycles. The number of benzene rings is 2. The average molecular weight is 480 g/mol. The second-order valence-corrected chi connectivity index (χ2v) is 9.23. The molecule has 0 saturated carbocycles. The molecule has 0 aromatic heterocycles. The van der Waals surface area contributed by atoms with Gasteiger partial charge in [0.1, 0.15) is 25.1 Å². The predicted molar refractivity (Wildman–Crippen MR) is 130 cm³/mol. The number of aliphatic carboxylic acids is 1. The number of anilines is 2. The number of esters is 1. The van der Waals surface area contributed by atoms with E-state index in [-0.39, 0.29) is 32.0 Å². The summed E-state index contributed by atoms with van der Waals surface area (Å²) < 4.78 is 10.6. The van der Waals surface area contributed by atoms with Crippen molar-refractivity contribution in [1.82, 2.24) is 0 Å². The van der Waals surface area contributed by atoms with E-state index in [2.05, 4.69) is 5.32 Å². The summed E-state index contributed by atoms with van der Waals surface area (Å²) in [4.78, 5) is 22.2. The Balaban J connectivity index is 1.52. The monoisotopic (exact) mass is 479 g/mol. The van der Waals surface area contributed by atoms with E-state index >= 15 is 0 Å². The molecule has 0 spiro atoms. The van der Waals surface area contributed by atoms with Crippen LogP contribution in [0.2, 0.25) is 0 Å². The summed E-state index contributed by atoms with van der Waals surface area (Å²) in [5, 5.41) is 21.8. The van der Waals surface area contributed by atoms with Gasteiger partial charge in [-0.25, -0.2) is 0 Å². The third kappa shape index (κ3) is 11.9. The van der Waals surface area contributed by atoms with E-state index in [1.807, 2.05) is 42.5 Å². The summed E-state index contributed by atoms with van der Waals surface area (Å²) in [7, 11) is 0. The third-order valence-corrected chi connectivity index (χ3v) is 6.31. The highest BCUT2D eigenvalue weighted by Crippen LogP contribution is 2.20. The lowest BCUT2D eigenvalue weighted by Crippen LogP contribution is -2.25. The van der Waals surface area contributed by atoms with Crippen LogP contribution in [-0.4, -0.2) is 64.5 Å². The van der Waals surface area contributed by atoms with Crippen molar-refractivity contribution in [2.24, 2.45) is 0 Å². The molecule has 0 aliphatic heterocycles. The molecule has 7 nitrogen and oxygen atoms in total. The molecule has 0 fully saturated rings. The minimum absolute atomic E-state index is 0.0288. The molecule has 0 aliphatic rings. The number of hydrogen-bond donors (Lipinski definition) is 3. The van der Waals surface area contributed by atoms with E-state index in [0.717, 1.165) is 22.9 Å². The Morgan fingerprint density at radius 3 is 2.12 bits per heavy atom. The zero-order valence-corrected chi connectivity index (χ0v) is 19.4. The number of carbonyl (C=O) groups is 2. The maximum absolute atomic E-state index is 11.8. The zero-order chi connectivity index (χ0) is 23.0. The molecule has 0 aliphatic carbocycles. The van der Waals surface area contributed by atoms with Crippen LogP contribution in [-0.2, 0) is 14.3 Å². The van der Waals surface area contributed by atoms with Crippen LogP contribution in [0.1, 0.15) is 12.8 Å². The Labute approximate surface area is 196 Å². The molecule has 0 heterocycles. The number of aliphatic hydroxyl groups excluding tert-OH is 1. The minimum Gasteiger partial charge on any atom is -0.491 e. The van der Waals surface area contributed by atoms with E-state index < -0.39 is 12.1 Å². The van der Waals surface area contributed by atoms with Crippen molar-refractivity contribution in [1.29, 1.82) is 0 Å². The Hall–Kier alpha value is -2.36. The quantitative estimate of drug-likeness (QED) is 0.243. The van der Waals surface area contributed by atoms with Crippen molar-refractivity contribution < 1.29 is 29.3 Å². The predicted octanol–water partition coefficient (Wildman–Crippen LogP) is 4.04. The number of hydrogen-bond acceptors (Lipinski definition) is 8. The van der Waals surface area contributed by atoms with Crippen molar-refractivity contribution in [2.75, 3.05) is 41.5 Å². The SMILES string of the molecule is O=C(O)CCSCCSCCC(=O)OCC(O)COc1ccc(Nc2ccccc2)cc1. The van der Waals surface area contributed by atoms with Gasteiger partial charge in [0.05, 0.1) is 12.8 Å². The van der Waals surface area contributed by atoms with Gasteiger partial charge in [0.25, 0.3) is 0 Å². The fourth-order valence-electron chi connectivity index (χ4n) is 2.46. The lowest BCUT2D eigenvalue weighted by Gasteiger charge is -2.13. The summed E-state index contributed by atoms with van der Waals surface area (Å²) >= 11 is 3.21. The minimum atomic E-state index is -0.903. The Bertz CT molecular complexity index is 804. The van der Waals surface area contributed by atoms with E-state index in [0.29, 0.717) is 17.3 Å². The number of thioether (sulfide) groups is 2. The van der Waals surface area contributed by atoms with Gasteiger partial charge in [0.2, 0.25) is 0 Å². The van der Waals surface area contributed by atoms with Gasteiger partial charge in [-0.1, -0.05) is 18.2 Å². The molecular weight excluding hydrogens is 450 g/mol.